The second-order valence-corrected chi connectivity index (χ2v) is 8.22. The topological polar surface area (TPSA) is 3.24 Å². The number of halogens is 3. The zero-order valence-corrected chi connectivity index (χ0v) is 19.0. The predicted molar refractivity (Wildman–Crippen MR) is 120 cm³/mol. The monoisotopic (exact) mass is 523 g/mol. The second-order valence-electron chi connectivity index (χ2n) is 5.47. The van der Waals surface area contributed by atoms with Gasteiger partial charge in [0.15, 0.2) is 0 Å². The first-order valence-corrected chi connectivity index (χ1v) is 10.5. The van der Waals surface area contributed by atoms with Crippen molar-refractivity contribution >= 4 is 64.9 Å². The molecule has 4 heteroatoms. The summed E-state index contributed by atoms with van der Waals surface area (Å²) in [5, 5.41) is 0. The zero-order valence-electron chi connectivity index (χ0n) is 14.2. The standard InChI is InChI=1S/C18H12Br3N.C3H8/c19-13-1-7-16(8-2-13)22(17-9-3-14(20)4-10-17)18-11-5-15(21)6-12-18;1-3-2/h1-12H;3H2,1-2H3. The molecule has 0 saturated carbocycles. The fraction of sp³-hybridized carbons (Fsp3) is 0.143. The highest BCUT2D eigenvalue weighted by atomic mass is 79.9. The Bertz CT molecular complexity index is 658. The van der Waals surface area contributed by atoms with Crippen molar-refractivity contribution in [2.75, 3.05) is 4.90 Å². The lowest BCUT2D eigenvalue weighted by Crippen LogP contribution is -2.09. The number of anilines is 3. The molecule has 0 amide bonds. The highest BCUT2D eigenvalue weighted by Crippen LogP contribution is 2.35. The van der Waals surface area contributed by atoms with Gasteiger partial charge in [0.2, 0.25) is 0 Å². The van der Waals surface area contributed by atoms with Crippen LogP contribution in [0.2, 0.25) is 0 Å². The molecule has 25 heavy (non-hydrogen) atoms. The summed E-state index contributed by atoms with van der Waals surface area (Å²) in [7, 11) is 0. The third kappa shape index (κ3) is 5.98. The molecule has 0 aliphatic rings. The maximum Gasteiger partial charge on any atom is 0.0462 e. The van der Waals surface area contributed by atoms with Crippen LogP contribution in [0.5, 0.6) is 0 Å². The van der Waals surface area contributed by atoms with Crippen molar-refractivity contribution in [2.24, 2.45) is 0 Å². The average Bonchev–Trinajstić information content (AvgIpc) is 2.61. The summed E-state index contributed by atoms with van der Waals surface area (Å²) in [4.78, 5) is 2.23. The van der Waals surface area contributed by atoms with Crippen LogP contribution in [0, 0.1) is 0 Å². The Morgan fingerprint density at radius 2 is 0.720 bits per heavy atom. The van der Waals surface area contributed by atoms with E-state index in [-0.39, 0.29) is 0 Å². The number of rotatable bonds is 3. The third-order valence-electron chi connectivity index (χ3n) is 3.25. The highest BCUT2D eigenvalue weighted by molar-refractivity contribution is 9.11. The van der Waals surface area contributed by atoms with E-state index in [0.717, 1.165) is 30.5 Å². The lowest BCUT2D eigenvalue weighted by atomic mass is 10.2. The third-order valence-corrected chi connectivity index (χ3v) is 4.84. The van der Waals surface area contributed by atoms with Crippen LogP contribution in [0.15, 0.2) is 86.2 Å². The summed E-state index contributed by atoms with van der Waals surface area (Å²) >= 11 is 10.5. The summed E-state index contributed by atoms with van der Waals surface area (Å²) in [5.41, 5.74) is 3.36. The molecule has 0 aliphatic heterocycles. The van der Waals surface area contributed by atoms with Crippen molar-refractivity contribution in [1.82, 2.24) is 0 Å². The largest absolute Gasteiger partial charge is 0.311 e. The molecule has 0 saturated heterocycles. The molecule has 3 rings (SSSR count). The molecule has 0 atom stereocenters. The highest BCUT2D eigenvalue weighted by Gasteiger charge is 2.12. The van der Waals surface area contributed by atoms with E-state index in [1.807, 2.05) is 0 Å². The van der Waals surface area contributed by atoms with E-state index in [1.54, 1.807) is 0 Å². The number of hydrogen-bond donors (Lipinski definition) is 0. The van der Waals surface area contributed by atoms with Crippen LogP contribution in [0.25, 0.3) is 0 Å². The van der Waals surface area contributed by atoms with E-state index in [4.69, 9.17) is 0 Å². The van der Waals surface area contributed by atoms with Crippen molar-refractivity contribution in [3.05, 3.63) is 86.2 Å². The predicted octanol–water partition coefficient (Wildman–Crippen LogP) is 8.86. The van der Waals surface area contributed by atoms with Crippen molar-refractivity contribution < 1.29 is 0 Å². The van der Waals surface area contributed by atoms with E-state index in [1.165, 1.54) is 6.42 Å². The minimum Gasteiger partial charge on any atom is -0.311 e. The van der Waals surface area contributed by atoms with Gasteiger partial charge < -0.3 is 4.90 Å². The van der Waals surface area contributed by atoms with Gasteiger partial charge in [0.05, 0.1) is 0 Å². The minimum atomic E-state index is 1.07. The summed E-state index contributed by atoms with van der Waals surface area (Å²) in [6, 6.07) is 25.0. The van der Waals surface area contributed by atoms with Crippen LogP contribution in [0.3, 0.4) is 0 Å². The molecule has 0 heterocycles. The zero-order chi connectivity index (χ0) is 18.2. The van der Waals surface area contributed by atoms with Gasteiger partial charge in [-0.1, -0.05) is 68.1 Å². The first-order chi connectivity index (χ1) is 12.0. The summed E-state index contributed by atoms with van der Waals surface area (Å²) in [6.45, 7) is 4.25. The van der Waals surface area contributed by atoms with E-state index < -0.39 is 0 Å². The van der Waals surface area contributed by atoms with Gasteiger partial charge in [-0.15, -0.1) is 0 Å². The first-order valence-electron chi connectivity index (χ1n) is 8.12. The van der Waals surface area contributed by atoms with Crippen LogP contribution in [-0.2, 0) is 0 Å². The summed E-state index contributed by atoms with van der Waals surface area (Å²) in [6.07, 6.45) is 1.25. The fourth-order valence-electron chi connectivity index (χ4n) is 2.22. The van der Waals surface area contributed by atoms with Crippen molar-refractivity contribution in [1.29, 1.82) is 0 Å². The molecular weight excluding hydrogens is 506 g/mol. The number of hydrogen-bond acceptors (Lipinski definition) is 1. The Hall–Kier alpha value is -1.10. The lowest BCUT2D eigenvalue weighted by Gasteiger charge is -2.25. The smallest absolute Gasteiger partial charge is 0.0462 e. The first kappa shape index (κ1) is 20.2. The van der Waals surface area contributed by atoms with Crippen LogP contribution in [0.1, 0.15) is 20.3 Å². The molecule has 130 valence electrons. The van der Waals surface area contributed by atoms with Crippen LogP contribution in [0.4, 0.5) is 17.1 Å². The molecule has 0 spiro atoms. The van der Waals surface area contributed by atoms with Crippen molar-refractivity contribution in [3.63, 3.8) is 0 Å². The summed E-state index contributed by atoms with van der Waals surface area (Å²) in [5.74, 6) is 0. The van der Waals surface area contributed by atoms with Crippen LogP contribution in [-0.4, -0.2) is 0 Å². The maximum atomic E-state index is 3.50. The van der Waals surface area contributed by atoms with Crippen LogP contribution >= 0.6 is 47.8 Å². The van der Waals surface area contributed by atoms with Gasteiger partial charge in [-0.3, -0.25) is 0 Å². The van der Waals surface area contributed by atoms with E-state index in [0.29, 0.717) is 0 Å². The van der Waals surface area contributed by atoms with E-state index in [9.17, 15) is 0 Å². The van der Waals surface area contributed by atoms with Gasteiger partial charge in [-0.05, 0) is 72.8 Å². The second kappa shape index (κ2) is 10.1. The van der Waals surface area contributed by atoms with Gasteiger partial charge in [-0.25, -0.2) is 0 Å². The Kier molecular flexibility index (Phi) is 8.20. The molecule has 0 unspecified atom stereocenters. The quantitative estimate of drug-likeness (QED) is 0.330. The van der Waals surface area contributed by atoms with Gasteiger partial charge in [0, 0.05) is 30.5 Å². The average molecular weight is 526 g/mol. The Balaban J connectivity index is 0.000000701. The maximum absolute atomic E-state index is 3.50. The Morgan fingerprint density at radius 3 is 0.920 bits per heavy atom. The van der Waals surface area contributed by atoms with Gasteiger partial charge >= 0.3 is 0 Å². The molecule has 0 bridgehead atoms. The fourth-order valence-corrected chi connectivity index (χ4v) is 3.01. The summed E-state index contributed by atoms with van der Waals surface area (Å²) < 4.78 is 3.22. The van der Waals surface area contributed by atoms with E-state index in [2.05, 4.69) is 139 Å². The minimum absolute atomic E-state index is 1.07. The molecule has 0 fully saturated rings. The van der Waals surface area contributed by atoms with Crippen molar-refractivity contribution in [3.8, 4) is 0 Å². The molecule has 3 aromatic carbocycles. The van der Waals surface area contributed by atoms with Gasteiger partial charge in [0.25, 0.3) is 0 Å². The van der Waals surface area contributed by atoms with E-state index >= 15 is 0 Å². The molecular formula is C21H20Br3N. The normalized spacial score (nSPS) is 9.96. The number of benzene rings is 3. The Labute approximate surface area is 175 Å². The number of nitrogens with zero attached hydrogens (tertiary/aromatic N) is 1. The molecule has 0 aromatic heterocycles. The van der Waals surface area contributed by atoms with Crippen molar-refractivity contribution in [2.45, 2.75) is 20.3 Å². The molecule has 1 nitrogen and oxygen atoms in total. The molecule has 0 N–H and O–H groups in total. The Morgan fingerprint density at radius 1 is 0.520 bits per heavy atom. The van der Waals surface area contributed by atoms with Crippen LogP contribution < -0.4 is 4.90 Å². The lowest BCUT2D eigenvalue weighted by molar-refractivity contribution is 1.09. The molecule has 3 aromatic rings. The molecule has 0 radical (unpaired) electrons. The van der Waals surface area contributed by atoms with Gasteiger partial charge in [0.1, 0.15) is 0 Å². The van der Waals surface area contributed by atoms with Gasteiger partial charge in [-0.2, -0.15) is 0 Å². The molecule has 0 aliphatic carbocycles. The SMILES string of the molecule is Brc1ccc(N(c2ccc(Br)cc2)c2ccc(Br)cc2)cc1.CCC.